The van der Waals surface area contributed by atoms with E-state index in [0.29, 0.717) is 24.8 Å². The van der Waals surface area contributed by atoms with Gasteiger partial charge in [-0.3, -0.25) is 9.58 Å². The van der Waals surface area contributed by atoms with Gasteiger partial charge in [0, 0.05) is 23.7 Å². The van der Waals surface area contributed by atoms with Crippen molar-refractivity contribution in [3.8, 4) is 0 Å². The molecule has 19 heavy (non-hydrogen) atoms. The molecule has 0 radical (unpaired) electrons. The molecule has 104 valence electrons. The van der Waals surface area contributed by atoms with Gasteiger partial charge in [-0.2, -0.15) is 5.10 Å². The number of hydrogen-bond donors (Lipinski definition) is 2. The molecule has 0 aliphatic heterocycles. The molecule has 0 fully saturated rings. The molecule has 2 heterocycles. The fraction of sp³-hybridized carbons (Fsp3) is 0.462. The number of nitrogens with zero attached hydrogens (tertiary/aromatic N) is 3. The maximum absolute atomic E-state index is 10.1. The van der Waals surface area contributed by atoms with Crippen LogP contribution in [0.4, 0.5) is 5.69 Å². The lowest BCUT2D eigenvalue weighted by atomic mass is 10.2. The van der Waals surface area contributed by atoms with E-state index in [4.69, 9.17) is 5.73 Å². The summed E-state index contributed by atoms with van der Waals surface area (Å²) in [6.45, 7) is 3.20. The van der Waals surface area contributed by atoms with Gasteiger partial charge in [0.1, 0.15) is 0 Å². The standard InChI is InChI=1S/C13H20N4OS/c1-10(13-4-3-5-19-13)16(2)8-12(18)9-17-7-11(14)6-15-17/h3-7,10,12,18H,8-9,14H2,1-2H3. The SMILES string of the molecule is CC(c1cccs1)N(C)CC(O)Cn1cc(N)cn1. The van der Waals surface area contributed by atoms with Gasteiger partial charge in [0.2, 0.25) is 0 Å². The third-order valence-electron chi connectivity index (χ3n) is 3.17. The summed E-state index contributed by atoms with van der Waals surface area (Å²) in [6, 6.07) is 4.47. The Morgan fingerprint density at radius 3 is 2.95 bits per heavy atom. The predicted molar refractivity (Wildman–Crippen MR) is 78.0 cm³/mol. The van der Waals surface area contributed by atoms with Gasteiger partial charge in [0.25, 0.3) is 0 Å². The molecule has 0 saturated carbocycles. The van der Waals surface area contributed by atoms with Crippen molar-refractivity contribution in [3.63, 3.8) is 0 Å². The Bertz CT molecular complexity index is 496. The summed E-state index contributed by atoms with van der Waals surface area (Å²) in [5, 5.41) is 16.2. The molecule has 0 amide bonds. The molecule has 6 heteroatoms. The molecule has 5 nitrogen and oxygen atoms in total. The number of nitrogens with two attached hydrogens (primary N) is 1. The first kappa shape index (κ1) is 14.0. The van der Waals surface area contributed by atoms with E-state index < -0.39 is 6.10 Å². The van der Waals surface area contributed by atoms with Crippen LogP contribution in [-0.2, 0) is 6.54 Å². The third kappa shape index (κ3) is 3.79. The molecule has 2 unspecified atom stereocenters. The van der Waals surface area contributed by atoms with E-state index in [1.54, 1.807) is 28.4 Å². The van der Waals surface area contributed by atoms with Gasteiger partial charge < -0.3 is 10.8 Å². The first-order valence-electron chi connectivity index (χ1n) is 6.26. The van der Waals surface area contributed by atoms with Crippen LogP contribution in [0.2, 0.25) is 0 Å². The number of thiophene rings is 1. The summed E-state index contributed by atoms with van der Waals surface area (Å²) in [4.78, 5) is 3.45. The number of anilines is 1. The minimum Gasteiger partial charge on any atom is -0.396 e. The van der Waals surface area contributed by atoms with Crippen LogP contribution < -0.4 is 5.73 Å². The molecule has 0 bridgehead atoms. The number of aliphatic hydroxyl groups excluding tert-OH is 1. The number of rotatable bonds is 6. The summed E-state index contributed by atoms with van der Waals surface area (Å²) in [5.74, 6) is 0. The van der Waals surface area contributed by atoms with Crippen molar-refractivity contribution in [2.45, 2.75) is 25.6 Å². The highest BCUT2D eigenvalue weighted by molar-refractivity contribution is 7.10. The summed E-state index contributed by atoms with van der Waals surface area (Å²) in [5.41, 5.74) is 6.21. The van der Waals surface area contributed by atoms with Crippen molar-refractivity contribution in [2.75, 3.05) is 19.3 Å². The molecule has 2 atom stereocenters. The maximum atomic E-state index is 10.1. The third-order valence-corrected chi connectivity index (χ3v) is 4.21. The van der Waals surface area contributed by atoms with Crippen LogP contribution in [0.3, 0.4) is 0 Å². The molecule has 0 saturated heterocycles. The molecule has 2 rings (SSSR count). The van der Waals surface area contributed by atoms with E-state index in [1.807, 2.05) is 13.1 Å². The smallest absolute Gasteiger partial charge is 0.0862 e. The van der Waals surface area contributed by atoms with Crippen LogP contribution in [0, 0.1) is 0 Å². The topological polar surface area (TPSA) is 67.3 Å². The monoisotopic (exact) mass is 280 g/mol. The molecule has 0 aromatic carbocycles. The Balaban J connectivity index is 1.86. The van der Waals surface area contributed by atoms with Crippen LogP contribution in [0.15, 0.2) is 29.9 Å². The van der Waals surface area contributed by atoms with Gasteiger partial charge in [-0.25, -0.2) is 0 Å². The molecule has 0 aliphatic rings. The zero-order valence-corrected chi connectivity index (χ0v) is 12.0. The molecule has 0 spiro atoms. The van der Waals surface area contributed by atoms with E-state index >= 15 is 0 Å². The van der Waals surface area contributed by atoms with Crippen molar-refractivity contribution in [1.82, 2.24) is 14.7 Å². The van der Waals surface area contributed by atoms with Crippen LogP contribution in [0.5, 0.6) is 0 Å². The number of likely N-dealkylation sites (N-methyl/N-ethyl adjacent to an activating group) is 1. The second-order valence-corrected chi connectivity index (χ2v) is 5.76. The fourth-order valence-electron chi connectivity index (χ4n) is 1.99. The van der Waals surface area contributed by atoms with Crippen molar-refractivity contribution >= 4 is 17.0 Å². The van der Waals surface area contributed by atoms with Crippen LogP contribution in [0.1, 0.15) is 17.8 Å². The van der Waals surface area contributed by atoms with Crippen molar-refractivity contribution in [1.29, 1.82) is 0 Å². The minimum atomic E-state index is -0.466. The number of hydrogen-bond acceptors (Lipinski definition) is 5. The number of aromatic nitrogens is 2. The average Bonchev–Trinajstić information content (AvgIpc) is 2.99. The second-order valence-electron chi connectivity index (χ2n) is 4.78. The average molecular weight is 280 g/mol. The van der Waals surface area contributed by atoms with E-state index in [0.717, 1.165) is 0 Å². The van der Waals surface area contributed by atoms with Gasteiger partial charge in [-0.15, -0.1) is 11.3 Å². The van der Waals surface area contributed by atoms with Gasteiger partial charge in [-0.05, 0) is 25.4 Å². The zero-order valence-electron chi connectivity index (χ0n) is 11.2. The summed E-state index contributed by atoms with van der Waals surface area (Å²) in [6.07, 6.45) is 2.85. The predicted octanol–water partition coefficient (Wildman–Crippen LogP) is 1.58. The summed E-state index contributed by atoms with van der Waals surface area (Å²) >= 11 is 1.74. The van der Waals surface area contributed by atoms with Crippen molar-refractivity contribution in [3.05, 3.63) is 34.8 Å². The zero-order chi connectivity index (χ0) is 13.8. The minimum absolute atomic E-state index is 0.303. The highest BCUT2D eigenvalue weighted by Crippen LogP contribution is 2.23. The largest absolute Gasteiger partial charge is 0.396 e. The Morgan fingerprint density at radius 2 is 2.37 bits per heavy atom. The highest BCUT2D eigenvalue weighted by Gasteiger charge is 2.16. The summed E-state index contributed by atoms with van der Waals surface area (Å²) < 4.78 is 1.67. The first-order valence-corrected chi connectivity index (χ1v) is 7.14. The number of aliphatic hydroxyl groups is 1. The van der Waals surface area contributed by atoms with Gasteiger partial charge >= 0.3 is 0 Å². The molecular weight excluding hydrogens is 260 g/mol. The van der Waals surface area contributed by atoms with Crippen LogP contribution in [0.25, 0.3) is 0 Å². The maximum Gasteiger partial charge on any atom is 0.0862 e. The quantitative estimate of drug-likeness (QED) is 0.843. The van der Waals surface area contributed by atoms with E-state index in [2.05, 4.69) is 28.4 Å². The first-order chi connectivity index (χ1) is 9.06. The molecule has 2 aromatic rings. The molecule has 0 aliphatic carbocycles. The Morgan fingerprint density at radius 1 is 1.58 bits per heavy atom. The van der Waals surface area contributed by atoms with Crippen LogP contribution in [-0.4, -0.2) is 39.5 Å². The second kappa shape index (κ2) is 6.18. The van der Waals surface area contributed by atoms with E-state index in [-0.39, 0.29) is 0 Å². The Labute approximate surface area is 117 Å². The van der Waals surface area contributed by atoms with E-state index in [1.165, 1.54) is 4.88 Å². The lowest BCUT2D eigenvalue weighted by Crippen LogP contribution is -2.33. The fourth-order valence-corrected chi connectivity index (χ4v) is 2.84. The number of nitrogen functional groups attached to an aromatic ring is 1. The highest BCUT2D eigenvalue weighted by atomic mass is 32.1. The Hall–Kier alpha value is -1.37. The van der Waals surface area contributed by atoms with Gasteiger partial charge in [0.05, 0.1) is 24.5 Å². The van der Waals surface area contributed by atoms with Crippen molar-refractivity contribution < 1.29 is 5.11 Å². The molecule has 2 aromatic heterocycles. The molecular formula is C13H20N4OS. The van der Waals surface area contributed by atoms with Crippen LogP contribution >= 0.6 is 11.3 Å². The lowest BCUT2D eigenvalue weighted by molar-refractivity contribution is 0.0917. The molecule has 3 N–H and O–H groups in total. The normalized spacial score (nSPS) is 14.7. The lowest BCUT2D eigenvalue weighted by Gasteiger charge is -2.26. The van der Waals surface area contributed by atoms with E-state index in [9.17, 15) is 5.11 Å². The van der Waals surface area contributed by atoms with Crippen molar-refractivity contribution in [2.24, 2.45) is 0 Å². The Kier molecular flexibility index (Phi) is 4.57. The van der Waals surface area contributed by atoms with Gasteiger partial charge in [-0.1, -0.05) is 6.07 Å². The summed E-state index contributed by atoms with van der Waals surface area (Å²) in [7, 11) is 2.02. The van der Waals surface area contributed by atoms with Gasteiger partial charge in [0.15, 0.2) is 0 Å².